The topological polar surface area (TPSA) is 107 Å². The zero-order valence-electron chi connectivity index (χ0n) is 13.0. The molecule has 23 heavy (non-hydrogen) atoms. The molecule has 2 rings (SSSR count). The summed E-state index contributed by atoms with van der Waals surface area (Å²) >= 11 is 0. The molecule has 2 aromatic rings. The van der Waals surface area contributed by atoms with Crippen LogP contribution in [0.15, 0.2) is 30.3 Å². The number of carbonyl (C=O) groups excluding carboxylic acids is 1. The Morgan fingerprint density at radius 3 is 2.65 bits per heavy atom. The molecule has 1 N–H and O–H groups in total. The average Bonchev–Trinajstić information content (AvgIpc) is 3.00. The number of benzene rings is 1. The molecular formula is C14H19N5O3S. The average molecular weight is 337 g/mol. The molecular weight excluding hydrogens is 318 g/mol. The first-order chi connectivity index (χ1) is 11.0. The highest BCUT2D eigenvalue weighted by Gasteiger charge is 2.30. The molecule has 0 fully saturated rings. The van der Waals surface area contributed by atoms with Crippen molar-refractivity contribution in [3.8, 4) is 5.69 Å². The number of rotatable bonds is 7. The maximum absolute atomic E-state index is 12.4. The van der Waals surface area contributed by atoms with Crippen LogP contribution in [0.5, 0.6) is 0 Å². The molecule has 0 aliphatic carbocycles. The standard InChI is InChI=1S/C14H19N5O3S/c1-3-9-15-14(20)11(2)23(21,22)10-13-16-17-18-19(13)12-7-5-4-6-8-12/h4-8,11H,3,9-10H2,1-2H3,(H,15,20)/t11-/m0/s1. The molecule has 0 saturated carbocycles. The minimum absolute atomic E-state index is 0.173. The van der Waals surface area contributed by atoms with Gasteiger partial charge in [0.25, 0.3) is 0 Å². The van der Waals surface area contributed by atoms with Gasteiger partial charge < -0.3 is 5.32 Å². The van der Waals surface area contributed by atoms with E-state index in [0.29, 0.717) is 12.2 Å². The van der Waals surface area contributed by atoms with Crippen LogP contribution in [0.25, 0.3) is 5.69 Å². The first kappa shape index (κ1) is 17.1. The predicted molar refractivity (Wildman–Crippen MR) is 84.5 cm³/mol. The number of nitrogens with zero attached hydrogens (tertiary/aromatic N) is 4. The molecule has 0 bridgehead atoms. The molecule has 1 heterocycles. The van der Waals surface area contributed by atoms with Crippen LogP contribution in [0, 0.1) is 0 Å². The molecule has 9 heteroatoms. The molecule has 8 nitrogen and oxygen atoms in total. The number of nitrogens with one attached hydrogen (secondary N) is 1. The van der Waals surface area contributed by atoms with E-state index in [1.54, 1.807) is 24.3 Å². The van der Waals surface area contributed by atoms with E-state index in [1.165, 1.54) is 11.6 Å². The Morgan fingerprint density at radius 1 is 1.30 bits per heavy atom. The number of amides is 1. The SMILES string of the molecule is CCCNC(=O)[C@H](C)S(=O)(=O)Cc1nnnn1-c1ccccc1. The van der Waals surface area contributed by atoms with Crippen molar-refractivity contribution in [2.24, 2.45) is 0 Å². The number of tetrazole rings is 1. The molecule has 0 saturated heterocycles. The van der Waals surface area contributed by atoms with Crippen LogP contribution >= 0.6 is 0 Å². The summed E-state index contributed by atoms with van der Waals surface area (Å²) < 4.78 is 26.2. The van der Waals surface area contributed by atoms with Gasteiger partial charge in [0.15, 0.2) is 15.7 Å². The third-order valence-corrected chi connectivity index (χ3v) is 5.27. The quantitative estimate of drug-likeness (QED) is 0.788. The monoisotopic (exact) mass is 337 g/mol. The van der Waals surface area contributed by atoms with Gasteiger partial charge in [-0.1, -0.05) is 25.1 Å². The zero-order valence-corrected chi connectivity index (χ0v) is 13.8. The van der Waals surface area contributed by atoms with Crippen LogP contribution < -0.4 is 5.32 Å². The highest BCUT2D eigenvalue weighted by molar-refractivity contribution is 7.92. The Balaban J connectivity index is 2.19. The molecule has 0 spiro atoms. The minimum atomic E-state index is -3.72. The summed E-state index contributed by atoms with van der Waals surface area (Å²) in [6.45, 7) is 3.71. The van der Waals surface area contributed by atoms with E-state index >= 15 is 0 Å². The summed E-state index contributed by atoms with van der Waals surface area (Å²) in [5.74, 6) is -0.743. The van der Waals surface area contributed by atoms with Gasteiger partial charge in [0.2, 0.25) is 5.91 Å². The largest absolute Gasteiger partial charge is 0.355 e. The second-order valence-electron chi connectivity index (χ2n) is 5.08. The Kier molecular flexibility index (Phi) is 5.43. The van der Waals surface area contributed by atoms with E-state index in [-0.39, 0.29) is 5.82 Å². The summed E-state index contributed by atoms with van der Waals surface area (Å²) in [4.78, 5) is 11.9. The number of carbonyl (C=O) groups is 1. The Bertz CT molecular complexity index is 758. The third-order valence-electron chi connectivity index (χ3n) is 3.32. The number of hydrogen-bond donors (Lipinski definition) is 1. The summed E-state index contributed by atoms with van der Waals surface area (Å²) in [6, 6.07) is 8.98. The highest BCUT2D eigenvalue weighted by atomic mass is 32.2. The van der Waals surface area contributed by atoms with Crippen molar-refractivity contribution in [1.29, 1.82) is 0 Å². The molecule has 0 aliphatic heterocycles. The zero-order chi connectivity index (χ0) is 16.9. The number of para-hydroxylation sites is 1. The molecule has 0 radical (unpaired) electrons. The fourth-order valence-electron chi connectivity index (χ4n) is 1.93. The van der Waals surface area contributed by atoms with Crippen LogP contribution in [0.2, 0.25) is 0 Å². The molecule has 124 valence electrons. The molecule has 0 unspecified atom stereocenters. The van der Waals surface area contributed by atoms with E-state index in [1.807, 2.05) is 13.0 Å². The normalized spacial score (nSPS) is 12.8. The third kappa shape index (κ3) is 4.13. The van der Waals surface area contributed by atoms with Gasteiger partial charge in [-0.3, -0.25) is 4.79 Å². The van der Waals surface area contributed by atoms with Crippen molar-refractivity contribution >= 4 is 15.7 Å². The summed E-state index contributed by atoms with van der Waals surface area (Å²) in [6.07, 6.45) is 0.741. The van der Waals surface area contributed by atoms with Crippen LogP contribution in [0.4, 0.5) is 0 Å². The van der Waals surface area contributed by atoms with Gasteiger partial charge in [-0.05, 0) is 35.9 Å². The second kappa shape index (κ2) is 7.32. The van der Waals surface area contributed by atoms with Crippen molar-refractivity contribution in [1.82, 2.24) is 25.5 Å². The molecule has 1 atom stereocenters. The van der Waals surface area contributed by atoms with Crippen LogP contribution in [-0.2, 0) is 20.4 Å². The lowest BCUT2D eigenvalue weighted by molar-refractivity contribution is -0.120. The number of aromatic nitrogens is 4. The van der Waals surface area contributed by atoms with Crippen molar-refractivity contribution in [2.45, 2.75) is 31.3 Å². The number of sulfone groups is 1. The van der Waals surface area contributed by atoms with Gasteiger partial charge in [-0.2, -0.15) is 4.68 Å². The van der Waals surface area contributed by atoms with E-state index in [2.05, 4.69) is 20.8 Å². The summed E-state index contributed by atoms with van der Waals surface area (Å²) in [7, 11) is -3.72. The lowest BCUT2D eigenvalue weighted by atomic mass is 10.3. The first-order valence-corrected chi connectivity index (χ1v) is 8.99. The second-order valence-corrected chi connectivity index (χ2v) is 7.40. The van der Waals surface area contributed by atoms with E-state index in [4.69, 9.17) is 0 Å². The fourth-order valence-corrected chi connectivity index (χ4v) is 3.12. The van der Waals surface area contributed by atoms with E-state index in [9.17, 15) is 13.2 Å². The fraction of sp³-hybridized carbons (Fsp3) is 0.429. The lowest BCUT2D eigenvalue weighted by Crippen LogP contribution is -2.39. The van der Waals surface area contributed by atoms with Crippen LogP contribution in [-0.4, -0.2) is 46.3 Å². The first-order valence-electron chi connectivity index (χ1n) is 7.27. The van der Waals surface area contributed by atoms with Crippen molar-refractivity contribution < 1.29 is 13.2 Å². The van der Waals surface area contributed by atoms with Gasteiger partial charge in [-0.15, -0.1) is 5.10 Å². The molecule has 0 aliphatic rings. The van der Waals surface area contributed by atoms with Gasteiger partial charge in [-0.25, -0.2) is 8.42 Å². The summed E-state index contributed by atoms with van der Waals surface area (Å²) in [5.41, 5.74) is 0.658. The Morgan fingerprint density at radius 2 is 2.00 bits per heavy atom. The van der Waals surface area contributed by atoms with Crippen LogP contribution in [0.1, 0.15) is 26.1 Å². The van der Waals surface area contributed by atoms with Crippen molar-refractivity contribution in [3.63, 3.8) is 0 Å². The van der Waals surface area contributed by atoms with E-state index in [0.717, 1.165) is 6.42 Å². The molecule has 1 aromatic heterocycles. The van der Waals surface area contributed by atoms with Gasteiger partial charge in [0.1, 0.15) is 11.0 Å². The number of hydrogen-bond acceptors (Lipinski definition) is 6. The Hall–Kier alpha value is -2.29. The highest BCUT2D eigenvalue weighted by Crippen LogP contribution is 2.13. The van der Waals surface area contributed by atoms with Crippen LogP contribution in [0.3, 0.4) is 0 Å². The minimum Gasteiger partial charge on any atom is -0.355 e. The maximum Gasteiger partial charge on any atom is 0.238 e. The van der Waals surface area contributed by atoms with Gasteiger partial charge in [0.05, 0.1) is 5.69 Å². The van der Waals surface area contributed by atoms with E-state index < -0.39 is 26.7 Å². The smallest absolute Gasteiger partial charge is 0.238 e. The maximum atomic E-state index is 12.4. The lowest BCUT2D eigenvalue weighted by Gasteiger charge is -2.12. The Labute approximate surface area is 134 Å². The van der Waals surface area contributed by atoms with Crippen molar-refractivity contribution in [2.75, 3.05) is 6.54 Å². The molecule has 1 aromatic carbocycles. The summed E-state index contributed by atoms with van der Waals surface area (Å²) in [5, 5.41) is 12.6. The van der Waals surface area contributed by atoms with Gasteiger partial charge >= 0.3 is 0 Å². The van der Waals surface area contributed by atoms with Crippen molar-refractivity contribution in [3.05, 3.63) is 36.2 Å². The molecule has 1 amide bonds. The predicted octanol–water partition coefficient (Wildman–Crippen LogP) is 0.492. The van der Waals surface area contributed by atoms with Gasteiger partial charge in [0, 0.05) is 6.54 Å².